The molecule has 2 aromatic carbocycles. The van der Waals surface area contributed by atoms with Crippen LogP contribution in [0.2, 0.25) is 10.0 Å². The largest absolute Gasteiger partial charge is 0.395 e. The van der Waals surface area contributed by atoms with Crippen molar-refractivity contribution in [1.29, 1.82) is 0 Å². The van der Waals surface area contributed by atoms with Gasteiger partial charge < -0.3 is 10.2 Å². The maximum atomic E-state index is 13.1. The van der Waals surface area contributed by atoms with Crippen LogP contribution >= 0.6 is 23.2 Å². The summed E-state index contributed by atoms with van der Waals surface area (Å²) in [7, 11) is 0. The number of aliphatic hydroxyl groups is 2. The van der Waals surface area contributed by atoms with Crippen LogP contribution in [0.15, 0.2) is 42.5 Å². The highest BCUT2D eigenvalue weighted by Crippen LogP contribution is 2.32. The monoisotopic (exact) mass is 328 g/mol. The lowest BCUT2D eigenvalue weighted by Gasteiger charge is -2.31. The first-order valence-electron chi connectivity index (χ1n) is 6.42. The van der Waals surface area contributed by atoms with E-state index in [2.05, 4.69) is 0 Å². The minimum absolute atomic E-state index is 0.284. The summed E-state index contributed by atoms with van der Waals surface area (Å²) in [4.78, 5) is 0. The van der Waals surface area contributed by atoms with Crippen molar-refractivity contribution in [2.45, 2.75) is 11.8 Å². The fourth-order valence-corrected chi connectivity index (χ4v) is 2.75. The maximum absolute atomic E-state index is 13.1. The van der Waals surface area contributed by atoms with Crippen LogP contribution < -0.4 is 0 Å². The summed E-state index contributed by atoms with van der Waals surface area (Å²) < 4.78 is 13.1. The number of hydrogen-bond acceptors (Lipinski definition) is 2. The molecule has 2 nitrogen and oxygen atoms in total. The molecule has 0 aromatic heterocycles. The van der Waals surface area contributed by atoms with E-state index in [0.717, 1.165) is 5.56 Å². The molecule has 0 saturated carbocycles. The predicted octanol–water partition coefficient (Wildman–Crippen LogP) is 3.60. The fraction of sp³-hybridized carbons (Fsp3) is 0.250. The second-order valence-corrected chi connectivity index (χ2v) is 5.86. The number of rotatable bonds is 5. The van der Waals surface area contributed by atoms with Crippen LogP contribution in [0.3, 0.4) is 0 Å². The normalized spacial score (nSPS) is 11.7. The number of benzene rings is 2. The topological polar surface area (TPSA) is 40.5 Å². The van der Waals surface area contributed by atoms with Crippen LogP contribution in [0.5, 0.6) is 0 Å². The Bertz CT molecular complexity index is 610. The van der Waals surface area contributed by atoms with E-state index in [1.54, 1.807) is 30.3 Å². The fourth-order valence-electron chi connectivity index (χ4n) is 2.28. The Kier molecular flexibility index (Phi) is 5.22. The molecule has 0 spiro atoms. The van der Waals surface area contributed by atoms with Crippen LogP contribution in [-0.2, 0) is 11.8 Å². The van der Waals surface area contributed by atoms with Crippen molar-refractivity contribution in [3.63, 3.8) is 0 Å². The van der Waals surface area contributed by atoms with Crippen molar-refractivity contribution < 1.29 is 14.6 Å². The molecule has 21 heavy (non-hydrogen) atoms. The second kappa shape index (κ2) is 6.75. The Balaban J connectivity index is 2.40. The number of hydrogen-bond donors (Lipinski definition) is 2. The minimum atomic E-state index is -0.925. The molecule has 0 bridgehead atoms. The van der Waals surface area contributed by atoms with Crippen LogP contribution in [0, 0.1) is 5.82 Å². The summed E-state index contributed by atoms with van der Waals surface area (Å²) in [6.07, 6.45) is 0.321. The van der Waals surface area contributed by atoms with Crippen LogP contribution in [0.1, 0.15) is 11.1 Å². The van der Waals surface area contributed by atoms with Gasteiger partial charge >= 0.3 is 0 Å². The van der Waals surface area contributed by atoms with Crippen molar-refractivity contribution in [1.82, 2.24) is 0 Å². The first-order valence-corrected chi connectivity index (χ1v) is 7.18. The van der Waals surface area contributed by atoms with Crippen LogP contribution in [0.25, 0.3) is 0 Å². The molecule has 0 atom stereocenters. The van der Waals surface area contributed by atoms with E-state index in [9.17, 15) is 14.6 Å². The van der Waals surface area contributed by atoms with E-state index in [1.807, 2.05) is 0 Å². The molecule has 0 radical (unpaired) electrons. The van der Waals surface area contributed by atoms with Gasteiger partial charge in [-0.05, 0) is 41.8 Å². The molecule has 0 fully saturated rings. The van der Waals surface area contributed by atoms with Gasteiger partial charge in [0.05, 0.1) is 13.2 Å². The third-order valence-corrected chi connectivity index (χ3v) is 4.19. The molecule has 0 unspecified atom stereocenters. The average molecular weight is 329 g/mol. The quantitative estimate of drug-likeness (QED) is 0.880. The van der Waals surface area contributed by atoms with Crippen molar-refractivity contribution in [3.8, 4) is 0 Å². The highest BCUT2D eigenvalue weighted by atomic mass is 35.5. The molecule has 2 N–H and O–H groups in total. The molecule has 2 aromatic rings. The van der Waals surface area contributed by atoms with Gasteiger partial charge in [0.15, 0.2) is 0 Å². The first kappa shape index (κ1) is 16.2. The Labute approximate surface area is 132 Å². The van der Waals surface area contributed by atoms with Gasteiger partial charge in [0.25, 0.3) is 0 Å². The summed E-state index contributed by atoms with van der Waals surface area (Å²) in [6, 6.07) is 10.8. The highest BCUT2D eigenvalue weighted by molar-refractivity contribution is 6.35. The molecule has 0 amide bonds. The summed E-state index contributed by atoms with van der Waals surface area (Å²) in [5, 5.41) is 20.6. The molecule has 0 heterocycles. The smallest absolute Gasteiger partial charge is 0.123 e. The lowest BCUT2D eigenvalue weighted by molar-refractivity contribution is 0.116. The van der Waals surface area contributed by atoms with Gasteiger partial charge in [-0.2, -0.15) is 0 Å². The molecule has 5 heteroatoms. The van der Waals surface area contributed by atoms with Crippen molar-refractivity contribution in [2.24, 2.45) is 0 Å². The zero-order valence-corrected chi connectivity index (χ0v) is 12.7. The summed E-state index contributed by atoms with van der Waals surface area (Å²) in [5.74, 6) is -0.368. The van der Waals surface area contributed by atoms with E-state index in [0.29, 0.717) is 22.0 Å². The lowest BCUT2D eigenvalue weighted by Crippen LogP contribution is -2.37. The molecule has 0 saturated heterocycles. The number of halogens is 3. The molecule has 2 rings (SSSR count). The molecule has 112 valence electrons. The Morgan fingerprint density at radius 2 is 1.57 bits per heavy atom. The maximum Gasteiger partial charge on any atom is 0.123 e. The van der Waals surface area contributed by atoms with Gasteiger partial charge in [-0.25, -0.2) is 4.39 Å². The number of aliphatic hydroxyl groups excluding tert-OH is 2. The first-order chi connectivity index (χ1) is 10.0. The van der Waals surface area contributed by atoms with Gasteiger partial charge in [-0.3, -0.25) is 0 Å². The standard InChI is InChI=1S/C16H15Cl2FO2/c17-13-4-1-11(15(18)7-13)8-16(9-20,10-21)12-2-5-14(19)6-3-12/h1-7,20-21H,8-10H2. The zero-order valence-electron chi connectivity index (χ0n) is 11.2. The van der Waals surface area contributed by atoms with E-state index in [-0.39, 0.29) is 19.0 Å². The predicted molar refractivity (Wildman–Crippen MR) is 82.4 cm³/mol. The molecule has 0 aliphatic carbocycles. The second-order valence-electron chi connectivity index (χ2n) is 5.02. The molecular formula is C16H15Cl2FO2. The Morgan fingerprint density at radius 3 is 2.10 bits per heavy atom. The molecular weight excluding hydrogens is 314 g/mol. The van der Waals surface area contributed by atoms with Gasteiger partial charge in [-0.15, -0.1) is 0 Å². The zero-order chi connectivity index (χ0) is 15.5. The van der Waals surface area contributed by atoms with Crippen molar-refractivity contribution in [2.75, 3.05) is 13.2 Å². The lowest BCUT2D eigenvalue weighted by atomic mass is 9.77. The van der Waals surface area contributed by atoms with Gasteiger partial charge in [-0.1, -0.05) is 41.4 Å². The Morgan fingerprint density at radius 1 is 0.952 bits per heavy atom. The van der Waals surface area contributed by atoms with E-state index in [4.69, 9.17) is 23.2 Å². The summed E-state index contributed by atoms with van der Waals surface area (Å²) in [5.41, 5.74) is 0.485. The third-order valence-electron chi connectivity index (χ3n) is 3.61. The summed E-state index contributed by atoms with van der Waals surface area (Å²) >= 11 is 12.0. The van der Waals surface area contributed by atoms with E-state index in [1.165, 1.54) is 12.1 Å². The van der Waals surface area contributed by atoms with E-state index < -0.39 is 5.41 Å². The van der Waals surface area contributed by atoms with E-state index >= 15 is 0 Å². The highest BCUT2D eigenvalue weighted by Gasteiger charge is 2.32. The Hall–Kier alpha value is -1.13. The van der Waals surface area contributed by atoms with Gasteiger partial charge in [0.2, 0.25) is 0 Å². The van der Waals surface area contributed by atoms with Crippen molar-refractivity contribution >= 4 is 23.2 Å². The van der Waals surface area contributed by atoms with Crippen LogP contribution in [-0.4, -0.2) is 23.4 Å². The average Bonchev–Trinajstić information content (AvgIpc) is 2.48. The molecule has 0 aliphatic rings. The van der Waals surface area contributed by atoms with Crippen LogP contribution in [0.4, 0.5) is 4.39 Å². The van der Waals surface area contributed by atoms with Gasteiger partial charge in [0, 0.05) is 15.5 Å². The van der Waals surface area contributed by atoms with Crippen molar-refractivity contribution in [3.05, 3.63) is 69.5 Å². The summed E-state index contributed by atoms with van der Waals surface area (Å²) in [6.45, 7) is -0.567. The SMILES string of the molecule is OCC(CO)(Cc1ccc(Cl)cc1Cl)c1ccc(F)cc1. The molecule has 0 aliphatic heterocycles. The minimum Gasteiger partial charge on any atom is -0.395 e. The third kappa shape index (κ3) is 3.55. The van der Waals surface area contributed by atoms with Gasteiger partial charge in [0.1, 0.15) is 5.82 Å².